The van der Waals surface area contributed by atoms with Crippen molar-refractivity contribution in [3.63, 3.8) is 0 Å². The van der Waals surface area contributed by atoms with Gasteiger partial charge < -0.3 is 14.4 Å². The molecule has 3 rings (SSSR count). The van der Waals surface area contributed by atoms with Crippen molar-refractivity contribution in [2.45, 2.75) is 44.8 Å². The van der Waals surface area contributed by atoms with E-state index in [-0.39, 0.29) is 6.04 Å². The Kier molecular flexibility index (Phi) is 3.72. The predicted molar refractivity (Wildman–Crippen MR) is 81.6 cm³/mol. The van der Waals surface area contributed by atoms with Crippen molar-refractivity contribution in [2.24, 2.45) is 0 Å². The summed E-state index contributed by atoms with van der Waals surface area (Å²) in [5.41, 5.74) is 2.19. The molecule has 2 atom stereocenters. The Hall–Kier alpha value is -1.81. The van der Waals surface area contributed by atoms with E-state index in [1.54, 1.807) is 7.11 Å². The number of aliphatic hydroxyl groups is 1. The molecule has 1 aromatic heterocycles. The quantitative estimate of drug-likeness (QED) is 0.942. The molecule has 112 valence electrons. The second kappa shape index (κ2) is 5.53. The fourth-order valence-corrected chi connectivity index (χ4v) is 3.21. The number of hydrogen-bond acceptors (Lipinski definition) is 3. The second-order valence-electron chi connectivity index (χ2n) is 5.96. The maximum atomic E-state index is 10.8. The molecule has 0 aliphatic heterocycles. The highest BCUT2D eigenvalue weighted by atomic mass is 16.5. The van der Waals surface area contributed by atoms with E-state index < -0.39 is 6.10 Å². The number of benzene rings is 1. The van der Waals surface area contributed by atoms with E-state index in [9.17, 15) is 5.11 Å². The number of ether oxygens (including phenoxy) is 1. The van der Waals surface area contributed by atoms with E-state index in [2.05, 4.69) is 29.5 Å². The van der Waals surface area contributed by atoms with E-state index in [0.717, 1.165) is 30.0 Å². The number of nitrogens with zero attached hydrogens (tertiary/aromatic N) is 2. The van der Waals surface area contributed by atoms with Gasteiger partial charge in [0.15, 0.2) is 0 Å². The number of aliphatic hydroxyl groups excluding tert-OH is 1. The first-order chi connectivity index (χ1) is 10.1. The fraction of sp³-hybridized carbons (Fsp3) is 0.471. The molecule has 0 amide bonds. The van der Waals surface area contributed by atoms with Crippen LogP contribution in [0.4, 0.5) is 0 Å². The normalized spacial score (nSPS) is 21.4. The molecule has 2 aromatic rings. The van der Waals surface area contributed by atoms with Crippen LogP contribution in [0.25, 0.3) is 0 Å². The Labute approximate surface area is 125 Å². The first-order valence-corrected chi connectivity index (χ1v) is 7.49. The first-order valence-electron chi connectivity index (χ1n) is 7.49. The van der Waals surface area contributed by atoms with E-state index >= 15 is 0 Å². The molecule has 0 radical (unpaired) electrons. The van der Waals surface area contributed by atoms with Gasteiger partial charge in [0.1, 0.15) is 17.7 Å². The van der Waals surface area contributed by atoms with Crippen LogP contribution in [0.2, 0.25) is 0 Å². The van der Waals surface area contributed by atoms with Crippen molar-refractivity contribution in [3.8, 4) is 5.75 Å². The van der Waals surface area contributed by atoms with Gasteiger partial charge in [0.25, 0.3) is 0 Å². The molecule has 1 aliphatic carbocycles. The van der Waals surface area contributed by atoms with Crippen LogP contribution in [-0.2, 0) is 6.42 Å². The van der Waals surface area contributed by atoms with Gasteiger partial charge in [-0.1, -0.05) is 19.9 Å². The van der Waals surface area contributed by atoms with Crippen LogP contribution in [0.5, 0.6) is 5.75 Å². The Morgan fingerprint density at radius 2 is 2.19 bits per heavy atom. The summed E-state index contributed by atoms with van der Waals surface area (Å²) in [5.74, 6) is 2.17. The third-order valence-corrected chi connectivity index (χ3v) is 4.32. The number of hydrogen-bond donors (Lipinski definition) is 1. The highest BCUT2D eigenvalue weighted by Gasteiger charge is 2.31. The standard InChI is InChI=1S/C17H22N2O2/c1-11(2)17-18-8-9-19(17)15-7-5-12-4-6-13(21-3)10-14(12)16(15)20/h4,6,8-11,15-16,20H,5,7H2,1-3H3. The molecule has 0 fully saturated rings. The van der Waals surface area contributed by atoms with Gasteiger partial charge in [0.05, 0.1) is 13.2 Å². The summed E-state index contributed by atoms with van der Waals surface area (Å²) in [6.45, 7) is 4.26. The van der Waals surface area contributed by atoms with E-state index in [1.165, 1.54) is 5.56 Å². The smallest absolute Gasteiger partial charge is 0.119 e. The molecule has 2 unspecified atom stereocenters. The lowest BCUT2D eigenvalue weighted by molar-refractivity contribution is 0.0966. The maximum Gasteiger partial charge on any atom is 0.119 e. The van der Waals surface area contributed by atoms with Gasteiger partial charge in [0, 0.05) is 18.3 Å². The number of methoxy groups -OCH3 is 1. The van der Waals surface area contributed by atoms with Crippen molar-refractivity contribution in [1.29, 1.82) is 0 Å². The van der Waals surface area contributed by atoms with Gasteiger partial charge >= 0.3 is 0 Å². The molecule has 4 nitrogen and oxygen atoms in total. The number of imidazole rings is 1. The topological polar surface area (TPSA) is 47.3 Å². The van der Waals surface area contributed by atoms with Gasteiger partial charge in [-0.05, 0) is 36.1 Å². The van der Waals surface area contributed by atoms with Crippen molar-refractivity contribution in [3.05, 3.63) is 47.5 Å². The Balaban J connectivity index is 1.98. The minimum absolute atomic E-state index is 0.0458. The van der Waals surface area contributed by atoms with E-state index in [0.29, 0.717) is 5.92 Å². The number of fused-ring (bicyclic) bond motifs is 1. The highest BCUT2D eigenvalue weighted by Crippen LogP contribution is 2.40. The molecule has 1 N–H and O–H groups in total. The van der Waals surface area contributed by atoms with Crippen molar-refractivity contribution in [1.82, 2.24) is 9.55 Å². The van der Waals surface area contributed by atoms with Crippen LogP contribution in [0.1, 0.15) is 55.3 Å². The van der Waals surface area contributed by atoms with Crippen LogP contribution < -0.4 is 4.74 Å². The lowest BCUT2D eigenvalue weighted by Gasteiger charge is -2.32. The molecular formula is C17H22N2O2. The van der Waals surface area contributed by atoms with Crippen LogP contribution in [-0.4, -0.2) is 21.8 Å². The van der Waals surface area contributed by atoms with Gasteiger partial charge in [-0.2, -0.15) is 0 Å². The molecule has 0 spiro atoms. The van der Waals surface area contributed by atoms with Crippen molar-refractivity contribution < 1.29 is 9.84 Å². The average Bonchev–Trinajstić information content (AvgIpc) is 2.97. The molecule has 1 aliphatic rings. The summed E-state index contributed by atoms with van der Waals surface area (Å²) in [4.78, 5) is 4.44. The second-order valence-corrected chi connectivity index (χ2v) is 5.96. The molecule has 0 bridgehead atoms. The molecule has 1 aromatic carbocycles. The monoisotopic (exact) mass is 286 g/mol. The molecular weight excluding hydrogens is 264 g/mol. The number of aryl methyl sites for hydroxylation is 1. The average molecular weight is 286 g/mol. The Morgan fingerprint density at radius 1 is 1.38 bits per heavy atom. The maximum absolute atomic E-state index is 10.8. The Morgan fingerprint density at radius 3 is 2.90 bits per heavy atom. The van der Waals surface area contributed by atoms with Crippen molar-refractivity contribution in [2.75, 3.05) is 7.11 Å². The van der Waals surface area contributed by atoms with Gasteiger partial charge in [0.2, 0.25) is 0 Å². The molecule has 0 saturated heterocycles. The minimum Gasteiger partial charge on any atom is -0.497 e. The van der Waals surface area contributed by atoms with Gasteiger partial charge in [-0.3, -0.25) is 0 Å². The fourth-order valence-electron chi connectivity index (χ4n) is 3.21. The minimum atomic E-state index is -0.518. The SMILES string of the molecule is COc1ccc2c(c1)C(O)C(n1ccnc1C(C)C)CC2. The number of rotatable bonds is 3. The third kappa shape index (κ3) is 2.44. The summed E-state index contributed by atoms with van der Waals surface area (Å²) < 4.78 is 7.42. The number of aromatic nitrogens is 2. The lowest BCUT2D eigenvalue weighted by Crippen LogP contribution is -2.25. The highest BCUT2D eigenvalue weighted by molar-refractivity contribution is 5.39. The first kappa shape index (κ1) is 14.1. The van der Waals surface area contributed by atoms with Crippen LogP contribution in [0.15, 0.2) is 30.6 Å². The van der Waals surface area contributed by atoms with Crippen molar-refractivity contribution >= 4 is 0 Å². The molecule has 0 saturated carbocycles. The lowest BCUT2D eigenvalue weighted by atomic mass is 9.85. The molecule has 1 heterocycles. The van der Waals surface area contributed by atoms with Crippen LogP contribution in [0.3, 0.4) is 0 Å². The van der Waals surface area contributed by atoms with Gasteiger partial charge in [-0.25, -0.2) is 4.98 Å². The zero-order valence-corrected chi connectivity index (χ0v) is 12.8. The third-order valence-electron chi connectivity index (χ3n) is 4.32. The van der Waals surface area contributed by atoms with E-state index in [1.807, 2.05) is 24.5 Å². The summed E-state index contributed by atoms with van der Waals surface area (Å²) in [6.07, 6.45) is 5.18. The zero-order valence-electron chi connectivity index (χ0n) is 12.8. The van der Waals surface area contributed by atoms with E-state index in [4.69, 9.17) is 4.74 Å². The van der Waals surface area contributed by atoms with Crippen LogP contribution in [0, 0.1) is 0 Å². The molecule has 4 heteroatoms. The largest absolute Gasteiger partial charge is 0.497 e. The summed E-state index contributed by atoms with van der Waals surface area (Å²) >= 11 is 0. The van der Waals surface area contributed by atoms with Gasteiger partial charge in [-0.15, -0.1) is 0 Å². The summed E-state index contributed by atoms with van der Waals surface area (Å²) in [6, 6.07) is 6.02. The molecule has 21 heavy (non-hydrogen) atoms. The predicted octanol–water partition coefficient (Wildman–Crippen LogP) is 3.24. The summed E-state index contributed by atoms with van der Waals surface area (Å²) in [5, 5.41) is 10.8. The Bertz CT molecular complexity index is 633. The summed E-state index contributed by atoms with van der Waals surface area (Å²) in [7, 11) is 1.65. The van der Waals surface area contributed by atoms with Crippen LogP contribution >= 0.6 is 0 Å². The zero-order chi connectivity index (χ0) is 15.0.